The summed E-state index contributed by atoms with van der Waals surface area (Å²) in [6, 6.07) is 15.7. The van der Waals surface area contributed by atoms with E-state index in [2.05, 4.69) is 4.40 Å². The molecule has 0 N–H and O–H groups in total. The van der Waals surface area contributed by atoms with Gasteiger partial charge in [0.25, 0.3) is 10.0 Å². The van der Waals surface area contributed by atoms with Gasteiger partial charge in [-0.25, -0.2) is 0 Å². The Balaban J connectivity index is 1.54. The van der Waals surface area contributed by atoms with Crippen LogP contribution in [0.2, 0.25) is 0 Å². The van der Waals surface area contributed by atoms with Crippen molar-refractivity contribution in [3.8, 4) is 5.75 Å². The molecule has 4 rings (SSSR count). The number of amidine groups is 1. The monoisotopic (exact) mass is 370 g/mol. The van der Waals surface area contributed by atoms with Crippen LogP contribution in [-0.2, 0) is 14.8 Å². The lowest BCUT2D eigenvalue weighted by atomic mass is 9.97. The van der Waals surface area contributed by atoms with Crippen molar-refractivity contribution in [1.29, 1.82) is 0 Å². The Kier molecular flexibility index (Phi) is 4.24. The summed E-state index contributed by atoms with van der Waals surface area (Å²) >= 11 is 0. The fourth-order valence-corrected chi connectivity index (χ4v) is 4.59. The number of likely N-dealkylation sites (tertiary alicyclic amines) is 1. The Morgan fingerprint density at radius 1 is 1.08 bits per heavy atom. The standard InChI is InChI=1S/C19H18N2O4S/c22-19(25-15-8-2-1-3-9-15)14-7-6-12-21(13-14)18-16-10-4-5-11-17(16)26(23,24)20-18/h1-5,8-11,14H,6-7,12-13H2/t14-/m0/s1. The van der Waals surface area contributed by atoms with E-state index >= 15 is 0 Å². The highest BCUT2D eigenvalue weighted by Gasteiger charge is 2.35. The number of piperidine rings is 1. The number of carbonyl (C=O) groups excluding carboxylic acids is 1. The Morgan fingerprint density at radius 2 is 1.81 bits per heavy atom. The summed E-state index contributed by atoms with van der Waals surface area (Å²) in [6.07, 6.45) is 1.49. The van der Waals surface area contributed by atoms with Gasteiger partial charge in [0.2, 0.25) is 0 Å². The van der Waals surface area contributed by atoms with Gasteiger partial charge in [0.1, 0.15) is 10.6 Å². The first-order chi connectivity index (χ1) is 12.5. The minimum atomic E-state index is -3.66. The van der Waals surface area contributed by atoms with Crippen molar-refractivity contribution in [2.24, 2.45) is 10.3 Å². The summed E-state index contributed by atoms with van der Waals surface area (Å²) in [5.41, 5.74) is 0.601. The lowest BCUT2D eigenvalue weighted by molar-refractivity contribution is -0.140. The van der Waals surface area contributed by atoms with Crippen molar-refractivity contribution >= 4 is 21.8 Å². The van der Waals surface area contributed by atoms with E-state index in [1.807, 2.05) is 23.1 Å². The minimum Gasteiger partial charge on any atom is -0.426 e. The van der Waals surface area contributed by atoms with Crippen molar-refractivity contribution in [2.45, 2.75) is 17.7 Å². The highest BCUT2D eigenvalue weighted by Crippen LogP contribution is 2.30. The second-order valence-electron chi connectivity index (χ2n) is 6.41. The fraction of sp³-hybridized carbons (Fsp3) is 0.263. The Labute approximate surface area is 152 Å². The van der Waals surface area contributed by atoms with E-state index in [4.69, 9.17) is 4.74 Å². The molecular weight excluding hydrogens is 352 g/mol. The number of benzene rings is 2. The first kappa shape index (κ1) is 16.8. The predicted octanol–water partition coefficient (Wildman–Crippen LogP) is 2.45. The molecule has 6 nitrogen and oxygen atoms in total. The molecule has 2 aromatic carbocycles. The van der Waals surface area contributed by atoms with Gasteiger partial charge in [-0.05, 0) is 37.1 Å². The van der Waals surface area contributed by atoms with Crippen LogP contribution in [0.1, 0.15) is 18.4 Å². The number of rotatable bonds is 2. The maximum absolute atomic E-state index is 12.5. The van der Waals surface area contributed by atoms with Gasteiger partial charge in [-0.2, -0.15) is 8.42 Å². The molecule has 0 radical (unpaired) electrons. The van der Waals surface area contributed by atoms with Gasteiger partial charge in [0.15, 0.2) is 5.84 Å². The smallest absolute Gasteiger partial charge is 0.316 e. The molecule has 0 amide bonds. The van der Waals surface area contributed by atoms with E-state index in [9.17, 15) is 13.2 Å². The highest BCUT2D eigenvalue weighted by atomic mass is 32.2. The van der Waals surface area contributed by atoms with Gasteiger partial charge >= 0.3 is 5.97 Å². The van der Waals surface area contributed by atoms with E-state index in [1.54, 1.807) is 36.4 Å². The molecule has 2 aliphatic heterocycles. The maximum Gasteiger partial charge on any atom is 0.316 e. The Morgan fingerprint density at radius 3 is 2.62 bits per heavy atom. The number of esters is 1. The number of ether oxygens (including phenoxy) is 1. The van der Waals surface area contributed by atoms with Crippen molar-refractivity contribution in [2.75, 3.05) is 13.1 Å². The molecule has 2 aliphatic rings. The highest BCUT2D eigenvalue weighted by molar-refractivity contribution is 7.90. The summed E-state index contributed by atoms with van der Waals surface area (Å²) in [7, 11) is -3.66. The average molecular weight is 370 g/mol. The Bertz CT molecular complexity index is 970. The zero-order chi connectivity index (χ0) is 18.1. The summed E-state index contributed by atoms with van der Waals surface area (Å²) in [4.78, 5) is 14.6. The van der Waals surface area contributed by atoms with Gasteiger partial charge in [0.05, 0.1) is 5.92 Å². The molecule has 1 saturated heterocycles. The molecule has 0 aromatic heterocycles. The number of carbonyl (C=O) groups is 1. The predicted molar refractivity (Wildman–Crippen MR) is 96.5 cm³/mol. The summed E-state index contributed by atoms with van der Waals surface area (Å²) in [5, 5.41) is 0. The second-order valence-corrected chi connectivity index (χ2v) is 7.98. The molecule has 7 heteroatoms. The molecule has 1 fully saturated rings. The van der Waals surface area contributed by atoms with Gasteiger partial charge in [-0.3, -0.25) is 4.79 Å². The quantitative estimate of drug-likeness (QED) is 0.600. The van der Waals surface area contributed by atoms with Gasteiger partial charge in [-0.1, -0.05) is 30.3 Å². The van der Waals surface area contributed by atoms with Crippen LogP contribution in [0.3, 0.4) is 0 Å². The number of para-hydroxylation sites is 1. The third-order valence-electron chi connectivity index (χ3n) is 4.63. The molecule has 0 bridgehead atoms. The minimum absolute atomic E-state index is 0.226. The summed E-state index contributed by atoms with van der Waals surface area (Å²) in [6.45, 7) is 1.06. The van der Waals surface area contributed by atoms with Crippen LogP contribution in [0.25, 0.3) is 0 Å². The molecular formula is C19H18N2O4S. The van der Waals surface area contributed by atoms with E-state index in [0.29, 0.717) is 36.7 Å². The molecule has 1 atom stereocenters. The zero-order valence-corrected chi connectivity index (χ0v) is 14.9. The van der Waals surface area contributed by atoms with Crippen LogP contribution in [0, 0.1) is 5.92 Å². The zero-order valence-electron chi connectivity index (χ0n) is 14.0. The molecule has 2 heterocycles. The van der Waals surface area contributed by atoms with E-state index < -0.39 is 10.0 Å². The first-order valence-corrected chi connectivity index (χ1v) is 9.95. The second kappa shape index (κ2) is 6.57. The summed E-state index contributed by atoms with van der Waals surface area (Å²) < 4.78 is 33.9. The molecule has 0 aliphatic carbocycles. The molecule has 0 spiro atoms. The van der Waals surface area contributed by atoms with Crippen LogP contribution in [-0.4, -0.2) is 38.2 Å². The van der Waals surface area contributed by atoms with Crippen LogP contribution >= 0.6 is 0 Å². The summed E-state index contributed by atoms with van der Waals surface area (Å²) in [5.74, 6) is 0.330. The fourth-order valence-electron chi connectivity index (χ4n) is 3.37. The molecule has 134 valence electrons. The van der Waals surface area contributed by atoms with E-state index in [-0.39, 0.29) is 16.8 Å². The van der Waals surface area contributed by atoms with Crippen molar-refractivity contribution in [3.63, 3.8) is 0 Å². The van der Waals surface area contributed by atoms with Gasteiger partial charge < -0.3 is 9.64 Å². The van der Waals surface area contributed by atoms with Crippen molar-refractivity contribution in [1.82, 2.24) is 4.90 Å². The number of hydrogen-bond acceptors (Lipinski definition) is 5. The van der Waals surface area contributed by atoms with Crippen molar-refractivity contribution in [3.05, 3.63) is 60.2 Å². The van der Waals surface area contributed by atoms with Crippen LogP contribution < -0.4 is 4.74 Å². The van der Waals surface area contributed by atoms with E-state index in [1.165, 1.54) is 0 Å². The number of nitrogens with zero attached hydrogens (tertiary/aromatic N) is 2. The molecule has 0 unspecified atom stereocenters. The van der Waals surface area contributed by atoms with Gasteiger partial charge in [-0.15, -0.1) is 4.40 Å². The van der Waals surface area contributed by atoms with E-state index in [0.717, 1.165) is 6.42 Å². The lowest BCUT2D eigenvalue weighted by Crippen LogP contribution is -2.43. The first-order valence-electron chi connectivity index (χ1n) is 8.51. The normalized spacial score (nSPS) is 21.0. The van der Waals surface area contributed by atoms with Gasteiger partial charge in [0, 0.05) is 18.7 Å². The van der Waals surface area contributed by atoms with Crippen LogP contribution in [0.15, 0.2) is 63.9 Å². The van der Waals surface area contributed by atoms with Crippen molar-refractivity contribution < 1.29 is 17.9 Å². The lowest BCUT2D eigenvalue weighted by Gasteiger charge is -2.32. The van der Waals surface area contributed by atoms with Crippen LogP contribution in [0.5, 0.6) is 5.75 Å². The number of hydrogen-bond donors (Lipinski definition) is 0. The largest absolute Gasteiger partial charge is 0.426 e. The molecule has 26 heavy (non-hydrogen) atoms. The molecule has 2 aromatic rings. The Hall–Kier alpha value is -2.67. The number of sulfonamides is 1. The molecule has 0 saturated carbocycles. The van der Waals surface area contributed by atoms with Crippen LogP contribution in [0.4, 0.5) is 0 Å². The SMILES string of the molecule is O=C(Oc1ccccc1)[C@H]1CCCN(C2=NS(=O)(=O)c3ccccc32)C1. The maximum atomic E-state index is 12.5. The topological polar surface area (TPSA) is 76.0 Å². The average Bonchev–Trinajstić information content (AvgIpc) is 2.94. The third-order valence-corrected chi connectivity index (χ3v) is 5.95. The third kappa shape index (κ3) is 3.10. The number of fused-ring (bicyclic) bond motifs is 1.